The molecule has 0 saturated heterocycles. The molecule has 0 amide bonds. The fourth-order valence-corrected chi connectivity index (χ4v) is 1.60. The number of hydrogen-bond donors (Lipinski definition) is 0. The van der Waals surface area contributed by atoms with E-state index in [0.717, 1.165) is 0 Å². The Balaban J connectivity index is 2.31. The molecule has 1 heterocycles. The van der Waals surface area contributed by atoms with Crippen molar-refractivity contribution in [2.75, 3.05) is 0 Å². The minimum atomic E-state index is -2.41. The van der Waals surface area contributed by atoms with Gasteiger partial charge in [-0.15, -0.1) is 0 Å². The van der Waals surface area contributed by atoms with Gasteiger partial charge in [-0.25, -0.2) is 18.2 Å². The van der Waals surface area contributed by atoms with E-state index in [0.29, 0.717) is 17.1 Å². The van der Waals surface area contributed by atoms with Gasteiger partial charge in [-0.2, -0.15) is 0 Å². The lowest BCUT2D eigenvalue weighted by molar-refractivity contribution is 0.126. The first-order valence-corrected chi connectivity index (χ1v) is 5.14. The summed E-state index contributed by atoms with van der Waals surface area (Å²) in [6.45, 7) is 1.29. The van der Waals surface area contributed by atoms with Gasteiger partial charge in [-0.3, -0.25) is 0 Å². The van der Waals surface area contributed by atoms with Crippen LogP contribution in [0.2, 0.25) is 0 Å². The number of alkyl halides is 2. The second kappa shape index (κ2) is 4.61. The molecule has 0 aliphatic heterocycles. The maximum atomic E-state index is 12.7. The number of rotatable bonds is 3. The smallest absolute Gasteiger partial charge is 0.256 e. The molecule has 1 aromatic heterocycles. The van der Waals surface area contributed by atoms with Crippen LogP contribution in [0.5, 0.6) is 0 Å². The summed E-state index contributed by atoms with van der Waals surface area (Å²) >= 11 is 0. The first kappa shape index (κ1) is 11.7. The Labute approximate surface area is 96.7 Å². The van der Waals surface area contributed by atoms with Crippen LogP contribution in [0.25, 0.3) is 11.3 Å². The van der Waals surface area contributed by atoms with Crippen LogP contribution in [0, 0.1) is 12.7 Å². The average molecular weight is 240 g/mol. The molecule has 0 saturated carbocycles. The molecule has 17 heavy (non-hydrogen) atoms. The zero-order chi connectivity index (χ0) is 12.4. The first-order valence-electron chi connectivity index (χ1n) is 5.14. The summed E-state index contributed by atoms with van der Waals surface area (Å²) in [7, 11) is 0. The van der Waals surface area contributed by atoms with Gasteiger partial charge in [0.05, 0.1) is 12.2 Å². The molecule has 0 bridgehead atoms. The Morgan fingerprint density at radius 1 is 1.24 bits per heavy atom. The summed E-state index contributed by atoms with van der Waals surface area (Å²) in [5, 5.41) is 0. The second-order valence-corrected chi connectivity index (χ2v) is 3.72. The minimum absolute atomic E-state index is 0.336. The average Bonchev–Trinajstić information content (AvgIpc) is 2.60. The Morgan fingerprint density at radius 2 is 1.88 bits per heavy atom. The van der Waals surface area contributed by atoms with Gasteiger partial charge in [0.25, 0.3) is 6.43 Å². The lowest BCUT2D eigenvalue weighted by atomic mass is 10.2. The molecule has 1 aromatic carbocycles. The van der Waals surface area contributed by atoms with Crippen LogP contribution in [0.3, 0.4) is 0 Å². The summed E-state index contributed by atoms with van der Waals surface area (Å²) in [5.74, 6) is 0.183. The Hall–Kier alpha value is -1.78. The summed E-state index contributed by atoms with van der Waals surface area (Å²) in [4.78, 5) is 4.17. The third kappa shape index (κ3) is 2.67. The molecule has 0 atom stereocenters. The van der Waals surface area contributed by atoms with E-state index in [-0.39, 0.29) is 12.4 Å². The van der Waals surface area contributed by atoms with Crippen LogP contribution in [0.1, 0.15) is 5.82 Å². The van der Waals surface area contributed by atoms with Crippen molar-refractivity contribution in [3.05, 3.63) is 42.1 Å². The second-order valence-electron chi connectivity index (χ2n) is 3.72. The number of aromatic nitrogens is 2. The van der Waals surface area contributed by atoms with Gasteiger partial charge in [-0.05, 0) is 31.2 Å². The van der Waals surface area contributed by atoms with E-state index in [1.807, 2.05) is 0 Å². The third-order valence-corrected chi connectivity index (χ3v) is 2.45. The highest BCUT2D eigenvalue weighted by Crippen LogP contribution is 2.19. The van der Waals surface area contributed by atoms with Crippen LogP contribution >= 0.6 is 0 Å². The van der Waals surface area contributed by atoms with E-state index in [9.17, 15) is 13.2 Å². The van der Waals surface area contributed by atoms with Crippen molar-refractivity contribution in [3.63, 3.8) is 0 Å². The Bertz CT molecular complexity index is 503. The molecule has 0 aliphatic carbocycles. The predicted octanol–water partition coefficient (Wildman–Crippen LogP) is 3.26. The van der Waals surface area contributed by atoms with Crippen LogP contribution < -0.4 is 0 Å². The number of nitrogens with zero attached hydrogens (tertiary/aromatic N) is 2. The SMILES string of the molecule is Cc1nc(-c2ccc(F)cc2)cn1CC(F)F. The molecule has 0 radical (unpaired) electrons. The third-order valence-electron chi connectivity index (χ3n) is 2.45. The highest BCUT2D eigenvalue weighted by Gasteiger charge is 2.10. The monoisotopic (exact) mass is 240 g/mol. The fraction of sp³-hybridized carbons (Fsp3) is 0.250. The molecule has 5 heteroatoms. The zero-order valence-corrected chi connectivity index (χ0v) is 9.20. The molecule has 0 spiro atoms. The van der Waals surface area contributed by atoms with Crippen LogP contribution in [-0.4, -0.2) is 16.0 Å². The molecule has 0 N–H and O–H groups in total. The summed E-state index contributed by atoms with van der Waals surface area (Å²) in [5.41, 5.74) is 1.28. The van der Waals surface area contributed by atoms with Crippen molar-refractivity contribution in [1.82, 2.24) is 9.55 Å². The van der Waals surface area contributed by atoms with Gasteiger partial charge in [0.15, 0.2) is 0 Å². The van der Waals surface area contributed by atoms with E-state index in [2.05, 4.69) is 4.98 Å². The molecule has 0 unspecified atom stereocenters. The lowest BCUT2D eigenvalue weighted by Gasteiger charge is -2.01. The van der Waals surface area contributed by atoms with E-state index < -0.39 is 6.43 Å². The zero-order valence-electron chi connectivity index (χ0n) is 9.20. The topological polar surface area (TPSA) is 17.8 Å². The molecule has 2 nitrogen and oxygen atoms in total. The summed E-state index contributed by atoms with van der Waals surface area (Å²) in [6.07, 6.45) is -0.863. The van der Waals surface area contributed by atoms with Gasteiger partial charge >= 0.3 is 0 Å². The van der Waals surface area contributed by atoms with Gasteiger partial charge in [0.2, 0.25) is 0 Å². The summed E-state index contributed by atoms with van der Waals surface area (Å²) < 4.78 is 38.7. The van der Waals surface area contributed by atoms with Gasteiger partial charge in [0.1, 0.15) is 11.6 Å². The lowest BCUT2D eigenvalue weighted by Crippen LogP contribution is -2.06. The van der Waals surface area contributed by atoms with Crippen molar-refractivity contribution >= 4 is 0 Å². The largest absolute Gasteiger partial charge is 0.329 e. The molecule has 2 rings (SSSR count). The fourth-order valence-electron chi connectivity index (χ4n) is 1.60. The maximum Gasteiger partial charge on any atom is 0.256 e. The standard InChI is InChI=1S/C12H11F3N2/c1-8-16-11(6-17(8)7-12(14)15)9-2-4-10(13)5-3-9/h2-6,12H,7H2,1H3. The molecule has 2 aromatic rings. The van der Waals surface area contributed by atoms with E-state index in [4.69, 9.17) is 0 Å². The highest BCUT2D eigenvalue weighted by atomic mass is 19.3. The number of hydrogen-bond acceptors (Lipinski definition) is 1. The van der Waals surface area contributed by atoms with Crippen molar-refractivity contribution < 1.29 is 13.2 Å². The number of benzene rings is 1. The maximum absolute atomic E-state index is 12.7. The number of halogens is 3. The minimum Gasteiger partial charge on any atom is -0.329 e. The highest BCUT2D eigenvalue weighted by molar-refractivity contribution is 5.58. The van der Waals surface area contributed by atoms with Crippen molar-refractivity contribution in [1.29, 1.82) is 0 Å². The Morgan fingerprint density at radius 3 is 2.47 bits per heavy atom. The quantitative estimate of drug-likeness (QED) is 0.805. The molecular formula is C12H11F3N2. The molecule has 0 fully saturated rings. The van der Waals surface area contributed by atoms with Gasteiger partial charge in [-0.1, -0.05) is 0 Å². The van der Waals surface area contributed by atoms with Crippen LogP contribution in [0.15, 0.2) is 30.5 Å². The van der Waals surface area contributed by atoms with Crippen molar-refractivity contribution in [2.45, 2.75) is 19.9 Å². The van der Waals surface area contributed by atoms with Crippen LogP contribution in [0.4, 0.5) is 13.2 Å². The van der Waals surface area contributed by atoms with E-state index >= 15 is 0 Å². The molecule has 0 aliphatic rings. The first-order chi connectivity index (χ1) is 8.06. The van der Waals surface area contributed by atoms with Crippen molar-refractivity contribution in [3.8, 4) is 11.3 Å². The molecule has 90 valence electrons. The van der Waals surface area contributed by atoms with Crippen molar-refractivity contribution in [2.24, 2.45) is 0 Å². The van der Waals surface area contributed by atoms with E-state index in [1.165, 1.54) is 16.7 Å². The van der Waals surface area contributed by atoms with E-state index in [1.54, 1.807) is 25.3 Å². The Kier molecular flexibility index (Phi) is 3.17. The summed E-state index contributed by atoms with van der Waals surface area (Å²) in [6, 6.07) is 5.78. The molecular weight excluding hydrogens is 229 g/mol. The number of imidazole rings is 1. The number of aryl methyl sites for hydroxylation is 1. The van der Waals surface area contributed by atoms with Crippen LogP contribution in [-0.2, 0) is 6.54 Å². The van der Waals surface area contributed by atoms with Gasteiger partial charge in [0, 0.05) is 11.8 Å². The van der Waals surface area contributed by atoms with Gasteiger partial charge < -0.3 is 4.57 Å². The normalized spacial score (nSPS) is 11.1. The predicted molar refractivity (Wildman–Crippen MR) is 58.4 cm³/mol.